The van der Waals surface area contributed by atoms with Gasteiger partial charge in [0, 0.05) is 18.5 Å². The minimum Gasteiger partial charge on any atom is -0.393 e. The molecule has 0 amide bonds. The van der Waals surface area contributed by atoms with E-state index in [0.717, 1.165) is 13.1 Å². The van der Waals surface area contributed by atoms with Crippen LogP contribution in [0, 0.1) is 0 Å². The minimum absolute atomic E-state index is 0.148. The van der Waals surface area contributed by atoms with Crippen molar-refractivity contribution in [3.63, 3.8) is 0 Å². The maximum absolute atomic E-state index is 5.98. The van der Waals surface area contributed by atoms with E-state index in [0.29, 0.717) is 11.0 Å². The van der Waals surface area contributed by atoms with Gasteiger partial charge in [0.2, 0.25) is 0 Å². The third-order valence-corrected chi connectivity index (χ3v) is 4.03. The molecule has 0 aromatic heterocycles. The van der Waals surface area contributed by atoms with Gasteiger partial charge in [-0.2, -0.15) is 0 Å². The average molecular weight is 292 g/mol. The topological polar surface area (TPSA) is 29.3 Å². The van der Waals surface area contributed by atoms with E-state index in [1.165, 1.54) is 24.8 Å². The van der Waals surface area contributed by atoms with Crippen LogP contribution in [0.2, 0.25) is 0 Å². The van der Waals surface area contributed by atoms with E-state index in [9.17, 15) is 0 Å². The summed E-state index contributed by atoms with van der Waals surface area (Å²) in [5, 5.41) is 0. The molecule has 0 fully saturated rings. The Morgan fingerprint density at radius 1 is 1.20 bits per heavy atom. The van der Waals surface area contributed by atoms with Crippen molar-refractivity contribution in [2.45, 2.75) is 52.0 Å². The zero-order valence-corrected chi connectivity index (χ0v) is 13.8. The van der Waals surface area contributed by atoms with Gasteiger partial charge in [-0.05, 0) is 32.4 Å². The van der Waals surface area contributed by atoms with Gasteiger partial charge >= 0.3 is 0 Å². The third kappa shape index (κ3) is 5.59. The van der Waals surface area contributed by atoms with Crippen LogP contribution in [0.25, 0.3) is 0 Å². The molecule has 20 heavy (non-hydrogen) atoms. The lowest BCUT2D eigenvalue weighted by atomic mass is 9.97. The van der Waals surface area contributed by atoms with E-state index in [2.05, 4.69) is 49.9 Å². The normalized spacial score (nSPS) is 12.8. The van der Waals surface area contributed by atoms with Crippen LogP contribution in [0.5, 0.6) is 0 Å². The highest BCUT2D eigenvalue weighted by Crippen LogP contribution is 2.19. The van der Waals surface area contributed by atoms with Gasteiger partial charge < -0.3 is 5.73 Å². The molecular weight excluding hydrogens is 264 g/mol. The summed E-state index contributed by atoms with van der Waals surface area (Å²) < 4.78 is 0. The van der Waals surface area contributed by atoms with Gasteiger partial charge in [-0.15, -0.1) is 0 Å². The summed E-state index contributed by atoms with van der Waals surface area (Å²) >= 11 is 5.29. The van der Waals surface area contributed by atoms with Gasteiger partial charge in [0.05, 0.1) is 4.99 Å². The molecule has 2 N–H and O–H groups in total. The van der Waals surface area contributed by atoms with Crippen LogP contribution in [0.1, 0.15) is 51.5 Å². The molecule has 3 heteroatoms. The molecule has 1 rings (SSSR count). The highest BCUT2D eigenvalue weighted by Gasteiger charge is 2.20. The summed E-state index contributed by atoms with van der Waals surface area (Å²) in [5.74, 6) is 0.148. The van der Waals surface area contributed by atoms with Gasteiger partial charge in [-0.1, -0.05) is 62.3 Å². The summed E-state index contributed by atoms with van der Waals surface area (Å²) in [7, 11) is 0. The second-order valence-corrected chi connectivity index (χ2v) is 6.13. The molecule has 0 aliphatic rings. The lowest BCUT2D eigenvalue weighted by molar-refractivity contribution is 0.215. The fourth-order valence-electron chi connectivity index (χ4n) is 2.40. The summed E-state index contributed by atoms with van der Waals surface area (Å²) in [5.41, 5.74) is 7.20. The van der Waals surface area contributed by atoms with Crippen molar-refractivity contribution in [1.82, 2.24) is 4.90 Å². The van der Waals surface area contributed by atoms with E-state index in [1.807, 2.05) is 6.07 Å². The molecule has 0 heterocycles. The molecule has 0 saturated heterocycles. The molecule has 2 nitrogen and oxygen atoms in total. The summed E-state index contributed by atoms with van der Waals surface area (Å²) in [6.45, 7) is 8.76. The number of unbranched alkanes of at least 4 members (excludes halogenated alkanes) is 2. The molecule has 0 spiro atoms. The van der Waals surface area contributed by atoms with Crippen molar-refractivity contribution < 1.29 is 0 Å². The molecule has 112 valence electrons. The monoisotopic (exact) mass is 292 g/mol. The number of nitrogens with zero attached hydrogens (tertiary/aromatic N) is 1. The number of rotatable bonds is 9. The predicted molar refractivity (Wildman–Crippen MR) is 92.2 cm³/mol. The zero-order chi connectivity index (χ0) is 15.0. The second-order valence-electron chi connectivity index (χ2n) is 5.66. The second kappa shape index (κ2) is 9.09. The number of hydrogen-bond donors (Lipinski definition) is 1. The van der Waals surface area contributed by atoms with Crippen LogP contribution in [-0.2, 0) is 0 Å². The Bertz CT molecular complexity index is 389. The molecule has 0 radical (unpaired) electrons. The lowest BCUT2D eigenvalue weighted by Gasteiger charge is -2.30. The van der Waals surface area contributed by atoms with Crippen LogP contribution < -0.4 is 5.73 Å². The zero-order valence-electron chi connectivity index (χ0n) is 13.0. The quantitative estimate of drug-likeness (QED) is 0.552. The lowest BCUT2D eigenvalue weighted by Crippen LogP contribution is -2.38. The molecule has 1 aromatic rings. The first kappa shape index (κ1) is 17.1. The molecule has 0 aliphatic heterocycles. The van der Waals surface area contributed by atoms with Crippen molar-refractivity contribution in [2.24, 2.45) is 5.73 Å². The van der Waals surface area contributed by atoms with E-state index >= 15 is 0 Å². The maximum Gasteiger partial charge on any atom is 0.0816 e. The van der Waals surface area contributed by atoms with Crippen LogP contribution in [-0.4, -0.2) is 29.0 Å². The third-order valence-electron chi connectivity index (χ3n) is 3.74. The smallest absolute Gasteiger partial charge is 0.0816 e. The number of thiocarbonyl (C=S) groups is 1. The van der Waals surface area contributed by atoms with Gasteiger partial charge in [-0.25, -0.2) is 0 Å². The first-order valence-corrected chi connectivity index (χ1v) is 8.05. The van der Waals surface area contributed by atoms with E-state index in [4.69, 9.17) is 18.0 Å². The fourth-order valence-corrected chi connectivity index (χ4v) is 2.62. The molecule has 0 bridgehead atoms. The Morgan fingerprint density at radius 3 is 2.35 bits per heavy atom. The predicted octanol–water partition coefficient (Wildman–Crippen LogP) is 3.96. The van der Waals surface area contributed by atoms with Crippen LogP contribution in [0.3, 0.4) is 0 Å². The van der Waals surface area contributed by atoms with E-state index in [1.54, 1.807) is 0 Å². The first-order chi connectivity index (χ1) is 9.56. The van der Waals surface area contributed by atoms with Crippen molar-refractivity contribution in [3.8, 4) is 0 Å². The summed E-state index contributed by atoms with van der Waals surface area (Å²) in [6.07, 6.45) is 3.78. The SMILES string of the molecule is CCCCCN(CC(C(N)=S)c1ccccc1)C(C)C. The molecule has 1 atom stereocenters. The van der Waals surface area contributed by atoms with Gasteiger partial charge in [0.15, 0.2) is 0 Å². The highest BCUT2D eigenvalue weighted by molar-refractivity contribution is 7.80. The van der Waals surface area contributed by atoms with Gasteiger partial charge in [0.25, 0.3) is 0 Å². The Kier molecular flexibility index (Phi) is 7.78. The van der Waals surface area contributed by atoms with Crippen molar-refractivity contribution in [3.05, 3.63) is 35.9 Å². The Morgan fingerprint density at radius 2 is 1.85 bits per heavy atom. The van der Waals surface area contributed by atoms with Crippen LogP contribution in [0.4, 0.5) is 0 Å². The Labute approximate surface area is 129 Å². The maximum atomic E-state index is 5.98. The Balaban J connectivity index is 2.74. The van der Waals surface area contributed by atoms with Gasteiger partial charge in [-0.3, -0.25) is 4.90 Å². The molecule has 1 aromatic carbocycles. The number of hydrogen-bond acceptors (Lipinski definition) is 2. The highest BCUT2D eigenvalue weighted by atomic mass is 32.1. The van der Waals surface area contributed by atoms with Crippen molar-refractivity contribution in [1.29, 1.82) is 0 Å². The average Bonchev–Trinajstić information content (AvgIpc) is 2.43. The minimum atomic E-state index is 0.148. The number of benzene rings is 1. The molecular formula is C17H28N2S. The molecule has 0 saturated carbocycles. The van der Waals surface area contributed by atoms with E-state index in [-0.39, 0.29) is 5.92 Å². The van der Waals surface area contributed by atoms with Crippen LogP contribution in [0.15, 0.2) is 30.3 Å². The van der Waals surface area contributed by atoms with Crippen LogP contribution >= 0.6 is 12.2 Å². The Hall–Kier alpha value is -0.930. The van der Waals surface area contributed by atoms with Crippen molar-refractivity contribution in [2.75, 3.05) is 13.1 Å². The van der Waals surface area contributed by atoms with Gasteiger partial charge in [0.1, 0.15) is 0 Å². The van der Waals surface area contributed by atoms with E-state index < -0.39 is 0 Å². The first-order valence-electron chi connectivity index (χ1n) is 7.64. The number of nitrogens with two attached hydrogens (primary N) is 1. The fraction of sp³-hybridized carbons (Fsp3) is 0.588. The van der Waals surface area contributed by atoms with Crippen molar-refractivity contribution >= 4 is 17.2 Å². The largest absolute Gasteiger partial charge is 0.393 e. The summed E-state index contributed by atoms with van der Waals surface area (Å²) in [6, 6.07) is 10.9. The standard InChI is InChI=1S/C17H28N2S/c1-4-5-9-12-19(14(2)3)13-16(17(18)20)15-10-7-6-8-11-15/h6-8,10-11,14,16H,4-5,9,12-13H2,1-3H3,(H2,18,20). The summed E-state index contributed by atoms with van der Waals surface area (Å²) in [4.78, 5) is 3.09. The molecule has 1 unspecified atom stereocenters. The molecule has 0 aliphatic carbocycles.